The van der Waals surface area contributed by atoms with E-state index in [4.69, 9.17) is 0 Å². The van der Waals surface area contributed by atoms with Crippen LogP contribution in [0, 0.1) is 0 Å². The van der Waals surface area contributed by atoms with E-state index in [2.05, 4.69) is 34.8 Å². The third-order valence-electron chi connectivity index (χ3n) is 3.99. The van der Waals surface area contributed by atoms with Gasteiger partial charge in [0.15, 0.2) is 5.96 Å². The van der Waals surface area contributed by atoms with Crippen molar-refractivity contribution < 1.29 is 4.79 Å². The standard InChI is InChI=1S/C17H34N4O.HI/c1-3-5-6-9-13-19-17(18-4-2)20-14-12-16(22)21-15-10-7-8-11-15;/h15H,3-14H2,1-2H3,(H,21,22)(H2,18,19,20);1H. The Balaban J connectivity index is 0.00000484. The molecule has 0 heterocycles. The molecule has 0 aromatic rings. The van der Waals surface area contributed by atoms with Crippen LogP contribution in [0.2, 0.25) is 0 Å². The van der Waals surface area contributed by atoms with Crippen LogP contribution in [0.5, 0.6) is 0 Å². The molecule has 1 saturated carbocycles. The van der Waals surface area contributed by atoms with E-state index in [1.54, 1.807) is 0 Å². The molecule has 0 aromatic heterocycles. The van der Waals surface area contributed by atoms with Crippen LogP contribution in [0.1, 0.15) is 71.6 Å². The fraction of sp³-hybridized carbons (Fsp3) is 0.882. The summed E-state index contributed by atoms with van der Waals surface area (Å²) in [5.74, 6) is 0.978. The number of hydrogen-bond donors (Lipinski definition) is 3. The van der Waals surface area contributed by atoms with Crippen molar-refractivity contribution in [3.8, 4) is 0 Å². The summed E-state index contributed by atoms with van der Waals surface area (Å²) in [6.45, 7) is 6.60. The lowest BCUT2D eigenvalue weighted by molar-refractivity contribution is -0.121. The molecule has 1 fully saturated rings. The van der Waals surface area contributed by atoms with Crippen molar-refractivity contribution in [1.29, 1.82) is 0 Å². The number of nitrogens with one attached hydrogen (secondary N) is 3. The third-order valence-corrected chi connectivity index (χ3v) is 3.99. The van der Waals surface area contributed by atoms with Gasteiger partial charge in [-0.3, -0.25) is 9.79 Å². The minimum absolute atomic E-state index is 0. The summed E-state index contributed by atoms with van der Waals surface area (Å²) in [5, 5.41) is 9.58. The second kappa shape index (κ2) is 15.0. The zero-order valence-electron chi connectivity index (χ0n) is 14.8. The second-order valence-electron chi connectivity index (χ2n) is 6.05. The summed E-state index contributed by atoms with van der Waals surface area (Å²) in [6, 6.07) is 0.410. The van der Waals surface area contributed by atoms with E-state index in [1.807, 2.05) is 0 Å². The number of nitrogens with zero attached hydrogens (tertiary/aromatic N) is 1. The summed E-state index contributed by atoms with van der Waals surface area (Å²) in [4.78, 5) is 16.4. The Hall–Kier alpha value is -0.530. The summed E-state index contributed by atoms with van der Waals surface area (Å²) < 4.78 is 0. The molecule has 0 atom stereocenters. The van der Waals surface area contributed by atoms with Crippen molar-refractivity contribution in [1.82, 2.24) is 16.0 Å². The molecule has 0 spiro atoms. The molecule has 0 unspecified atom stereocenters. The fourth-order valence-corrected chi connectivity index (χ4v) is 2.74. The molecule has 23 heavy (non-hydrogen) atoms. The third kappa shape index (κ3) is 11.6. The SMILES string of the molecule is CCCCCCN=C(NCC)NCCC(=O)NC1CCCC1.I. The molecular weight excluding hydrogens is 403 g/mol. The zero-order valence-corrected chi connectivity index (χ0v) is 17.2. The van der Waals surface area contributed by atoms with Gasteiger partial charge in [-0.2, -0.15) is 0 Å². The van der Waals surface area contributed by atoms with Crippen molar-refractivity contribution in [2.75, 3.05) is 19.6 Å². The van der Waals surface area contributed by atoms with Crippen LogP contribution in [0.25, 0.3) is 0 Å². The predicted octanol–water partition coefficient (Wildman–Crippen LogP) is 3.19. The highest BCUT2D eigenvalue weighted by molar-refractivity contribution is 14.0. The lowest BCUT2D eigenvalue weighted by Crippen LogP contribution is -2.40. The van der Waals surface area contributed by atoms with Crippen molar-refractivity contribution in [3.05, 3.63) is 0 Å². The van der Waals surface area contributed by atoms with Crippen LogP contribution in [0.4, 0.5) is 0 Å². The van der Waals surface area contributed by atoms with E-state index in [1.165, 1.54) is 32.1 Å². The van der Waals surface area contributed by atoms with E-state index in [0.717, 1.165) is 38.3 Å². The number of hydrogen-bond acceptors (Lipinski definition) is 2. The van der Waals surface area contributed by atoms with Gasteiger partial charge < -0.3 is 16.0 Å². The maximum atomic E-state index is 11.9. The Kier molecular flexibility index (Phi) is 14.7. The van der Waals surface area contributed by atoms with E-state index in [-0.39, 0.29) is 29.9 Å². The summed E-state index contributed by atoms with van der Waals surface area (Å²) in [6.07, 6.45) is 10.2. The Labute approximate surface area is 158 Å². The van der Waals surface area contributed by atoms with Crippen LogP contribution in [-0.2, 0) is 4.79 Å². The normalized spacial score (nSPS) is 15.1. The van der Waals surface area contributed by atoms with Gasteiger partial charge in [0, 0.05) is 32.1 Å². The molecule has 0 aliphatic heterocycles. The number of rotatable bonds is 10. The van der Waals surface area contributed by atoms with Crippen LogP contribution in [0.3, 0.4) is 0 Å². The Bertz CT molecular complexity index is 331. The topological polar surface area (TPSA) is 65.5 Å². The molecule has 5 nitrogen and oxygen atoms in total. The molecule has 0 aromatic carbocycles. The predicted molar refractivity (Wildman–Crippen MR) is 109 cm³/mol. The number of aliphatic imine (C=N–C) groups is 1. The number of amides is 1. The molecular formula is C17H35IN4O. The first-order valence-corrected chi connectivity index (χ1v) is 9.07. The van der Waals surface area contributed by atoms with E-state index >= 15 is 0 Å². The molecule has 1 rings (SSSR count). The number of halogens is 1. The lowest BCUT2D eigenvalue weighted by Gasteiger charge is -2.13. The molecule has 3 N–H and O–H groups in total. The van der Waals surface area contributed by atoms with Crippen LogP contribution in [0.15, 0.2) is 4.99 Å². The number of carbonyl (C=O) groups excluding carboxylic acids is 1. The summed E-state index contributed by atoms with van der Waals surface area (Å²) in [7, 11) is 0. The smallest absolute Gasteiger partial charge is 0.221 e. The monoisotopic (exact) mass is 438 g/mol. The van der Waals surface area contributed by atoms with E-state index in [9.17, 15) is 4.79 Å². The molecule has 136 valence electrons. The highest BCUT2D eigenvalue weighted by Gasteiger charge is 2.16. The van der Waals surface area contributed by atoms with Crippen molar-refractivity contribution in [2.24, 2.45) is 4.99 Å². The molecule has 1 aliphatic carbocycles. The van der Waals surface area contributed by atoms with Crippen LogP contribution < -0.4 is 16.0 Å². The van der Waals surface area contributed by atoms with E-state index < -0.39 is 0 Å². The quantitative estimate of drug-likeness (QED) is 0.213. The van der Waals surface area contributed by atoms with Crippen LogP contribution in [-0.4, -0.2) is 37.5 Å². The molecule has 0 radical (unpaired) electrons. The summed E-state index contributed by atoms with van der Waals surface area (Å²) in [5.41, 5.74) is 0. The minimum Gasteiger partial charge on any atom is -0.357 e. The molecule has 6 heteroatoms. The maximum absolute atomic E-state index is 11.9. The van der Waals surface area contributed by atoms with Crippen molar-refractivity contribution >= 4 is 35.8 Å². The first-order valence-electron chi connectivity index (χ1n) is 9.07. The van der Waals surface area contributed by atoms with Crippen molar-refractivity contribution in [3.63, 3.8) is 0 Å². The Morgan fingerprint density at radius 2 is 1.83 bits per heavy atom. The summed E-state index contributed by atoms with van der Waals surface area (Å²) >= 11 is 0. The largest absolute Gasteiger partial charge is 0.357 e. The van der Waals surface area contributed by atoms with Gasteiger partial charge in [-0.15, -0.1) is 24.0 Å². The number of unbranched alkanes of at least 4 members (excludes halogenated alkanes) is 3. The highest BCUT2D eigenvalue weighted by Crippen LogP contribution is 2.17. The van der Waals surface area contributed by atoms with Crippen molar-refractivity contribution in [2.45, 2.75) is 77.7 Å². The van der Waals surface area contributed by atoms with Gasteiger partial charge in [-0.1, -0.05) is 39.0 Å². The van der Waals surface area contributed by atoms with E-state index in [0.29, 0.717) is 19.0 Å². The van der Waals surface area contributed by atoms with Gasteiger partial charge >= 0.3 is 0 Å². The van der Waals surface area contributed by atoms with Gasteiger partial charge in [0.2, 0.25) is 5.91 Å². The molecule has 0 saturated heterocycles. The first kappa shape index (κ1) is 22.5. The fourth-order valence-electron chi connectivity index (χ4n) is 2.74. The average Bonchev–Trinajstić information content (AvgIpc) is 2.99. The molecule has 1 aliphatic rings. The number of carbonyl (C=O) groups is 1. The van der Waals surface area contributed by atoms with Gasteiger partial charge in [-0.05, 0) is 26.2 Å². The maximum Gasteiger partial charge on any atom is 0.221 e. The van der Waals surface area contributed by atoms with Gasteiger partial charge in [0.25, 0.3) is 0 Å². The zero-order chi connectivity index (χ0) is 16.0. The first-order chi connectivity index (χ1) is 10.8. The lowest BCUT2D eigenvalue weighted by atomic mass is 10.2. The minimum atomic E-state index is 0. The Morgan fingerprint density at radius 3 is 2.48 bits per heavy atom. The molecule has 1 amide bonds. The van der Waals surface area contributed by atoms with Gasteiger partial charge in [-0.25, -0.2) is 0 Å². The Morgan fingerprint density at radius 1 is 1.09 bits per heavy atom. The van der Waals surface area contributed by atoms with Crippen LogP contribution >= 0.6 is 24.0 Å². The number of guanidine groups is 1. The van der Waals surface area contributed by atoms with Gasteiger partial charge in [0.05, 0.1) is 0 Å². The molecule has 0 bridgehead atoms. The highest BCUT2D eigenvalue weighted by atomic mass is 127. The average molecular weight is 438 g/mol. The van der Waals surface area contributed by atoms with Gasteiger partial charge in [0.1, 0.15) is 0 Å². The second-order valence-corrected chi connectivity index (χ2v) is 6.05.